The Morgan fingerprint density at radius 2 is 1.86 bits per heavy atom. The average Bonchev–Trinajstić information content (AvgIpc) is 2.47. The molecule has 110 valence electrons. The third-order valence-corrected chi connectivity index (χ3v) is 4.45. The summed E-state index contributed by atoms with van der Waals surface area (Å²) in [7, 11) is 2.03. The van der Waals surface area contributed by atoms with Crippen molar-refractivity contribution < 1.29 is 4.74 Å². The zero-order valence-electron chi connectivity index (χ0n) is 13.2. The molecule has 2 atom stereocenters. The summed E-state index contributed by atoms with van der Waals surface area (Å²) in [5, 5.41) is 3.45. The molecule has 1 N–H and O–H groups in total. The Hall–Kier alpha value is -1.80. The van der Waals surface area contributed by atoms with Crippen LogP contribution in [-0.4, -0.2) is 7.05 Å². The van der Waals surface area contributed by atoms with Crippen LogP contribution in [0.4, 0.5) is 0 Å². The molecule has 0 aliphatic carbocycles. The molecular weight excluding hydrogens is 258 g/mol. The summed E-state index contributed by atoms with van der Waals surface area (Å²) in [6.45, 7) is 6.44. The van der Waals surface area contributed by atoms with Crippen molar-refractivity contribution in [1.82, 2.24) is 5.32 Å². The summed E-state index contributed by atoms with van der Waals surface area (Å²) in [6, 6.07) is 15.4. The molecule has 2 nitrogen and oxygen atoms in total. The van der Waals surface area contributed by atoms with E-state index in [0.29, 0.717) is 6.04 Å². The molecule has 0 spiro atoms. The summed E-state index contributed by atoms with van der Waals surface area (Å²) in [5.74, 6) is 0.996. The lowest BCUT2D eigenvalue weighted by Crippen LogP contribution is -2.39. The van der Waals surface area contributed by atoms with Crippen LogP contribution in [0.5, 0.6) is 5.75 Å². The Balaban J connectivity index is 2.05. The van der Waals surface area contributed by atoms with E-state index >= 15 is 0 Å². The maximum Gasteiger partial charge on any atom is 0.133 e. The molecule has 1 heterocycles. The van der Waals surface area contributed by atoms with E-state index in [1.54, 1.807) is 0 Å². The van der Waals surface area contributed by atoms with Crippen molar-refractivity contribution in [3.05, 3.63) is 64.7 Å². The highest BCUT2D eigenvalue weighted by molar-refractivity contribution is 5.43. The normalized spacial score (nSPS) is 24.3. The third kappa shape index (κ3) is 2.56. The number of hydrogen-bond acceptors (Lipinski definition) is 2. The first-order valence-corrected chi connectivity index (χ1v) is 7.56. The van der Waals surface area contributed by atoms with Crippen molar-refractivity contribution in [3.63, 3.8) is 0 Å². The third-order valence-electron chi connectivity index (χ3n) is 4.45. The van der Waals surface area contributed by atoms with Gasteiger partial charge in [-0.05, 0) is 39.4 Å². The van der Waals surface area contributed by atoms with E-state index in [-0.39, 0.29) is 5.60 Å². The van der Waals surface area contributed by atoms with Crippen LogP contribution in [0.1, 0.15) is 41.6 Å². The maximum absolute atomic E-state index is 6.41. The Morgan fingerprint density at radius 1 is 1.10 bits per heavy atom. The van der Waals surface area contributed by atoms with Crippen molar-refractivity contribution in [2.45, 2.75) is 38.8 Å². The summed E-state index contributed by atoms with van der Waals surface area (Å²) < 4.78 is 6.41. The largest absolute Gasteiger partial charge is 0.482 e. The van der Waals surface area contributed by atoms with Crippen molar-refractivity contribution in [2.75, 3.05) is 7.05 Å². The van der Waals surface area contributed by atoms with E-state index in [2.05, 4.69) is 68.6 Å². The first-order chi connectivity index (χ1) is 10.0. The van der Waals surface area contributed by atoms with Crippen molar-refractivity contribution in [3.8, 4) is 5.75 Å². The van der Waals surface area contributed by atoms with Gasteiger partial charge in [-0.2, -0.15) is 0 Å². The fraction of sp³-hybridized carbons (Fsp3) is 0.368. The molecule has 2 aromatic carbocycles. The van der Waals surface area contributed by atoms with Gasteiger partial charge in [-0.1, -0.05) is 47.5 Å². The van der Waals surface area contributed by atoms with Gasteiger partial charge in [-0.3, -0.25) is 0 Å². The van der Waals surface area contributed by atoms with Gasteiger partial charge in [0.1, 0.15) is 11.4 Å². The SMILES string of the molecule is CNC1CC(C)(c2cccc(C)c2)Oc2ccc(C)cc21. The van der Waals surface area contributed by atoms with Gasteiger partial charge in [-0.15, -0.1) is 0 Å². The lowest BCUT2D eigenvalue weighted by molar-refractivity contribution is 0.0460. The van der Waals surface area contributed by atoms with Crippen LogP contribution in [0.15, 0.2) is 42.5 Å². The zero-order valence-corrected chi connectivity index (χ0v) is 13.2. The van der Waals surface area contributed by atoms with Crippen LogP contribution in [-0.2, 0) is 5.60 Å². The van der Waals surface area contributed by atoms with Crippen LogP contribution < -0.4 is 10.1 Å². The Morgan fingerprint density at radius 3 is 2.57 bits per heavy atom. The summed E-state index contributed by atoms with van der Waals surface area (Å²) in [5.41, 5.74) is 4.77. The molecule has 3 rings (SSSR count). The molecule has 1 aliphatic rings. The van der Waals surface area contributed by atoms with Crippen LogP contribution in [0.3, 0.4) is 0 Å². The summed E-state index contributed by atoms with van der Waals surface area (Å²) >= 11 is 0. The molecule has 0 saturated carbocycles. The topological polar surface area (TPSA) is 21.3 Å². The molecule has 0 fully saturated rings. The van der Waals surface area contributed by atoms with Crippen LogP contribution in [0.2, 0.25) is 0 Å². The molecular formula is C19H23NO. The molecule has 2 unspecified atom stereocenters. The monoisotopic (exact) mass is 281 g/mol. The Kier molecular flexibility index (Phi) is 3.50. The van der Waals surface area contributed by atoms with Crippen molar-refractivity contribution >= 4 is 0 Å². The molecule has 0 radical (unpaired) electrons. The number of fused-ring (bicyclic) bond motifs is 1. The Bertz CT molecular complexity index is 664. The molecule has 2 heteroatoms. The first kappa shape index (κ1) is 14.2. The van der Waals surface area contributed by atoms with E-state index in [0.717, 1.165) is 12.2 Å². The number of ether oxygens (including phenoxy) is 1. The zero-order chi connectivity index (χ0) is 15.0. The second kappa shape index (κ2) is 5.19. The molecule has 1 aliphatic heterocycles. The molecule has 0 aromatic heterocycles. The predicted octanol–water partition coefficient (Wildman–Crippen LogP) is 4.26. The van der Waals surface area contributed by atoms with E-state index in [1.807, 2.05) is 7.05 Å². The summed E-state index contributed by atoms with van der Waals surface area (Å²) in [6.07, 6.45) is 0.934. The minimum Gasteiger partial charge on any atom is -0.482 e. The minimum absolute atomic E-state index is 0.290. The quantitative estimate of drug-likeness (QED) is 0.888. The lowest BCUT2D eigenvalue weighted by atomic mass is 9.83. The van der Waals surface area contributed by atoms with E-state index < -0.39 is 0 Å². The van der Waals surface area contributed by atoms with Gasteiger partial charge < -0.3 is 10.1 Å². The molecule has 0 amide bonds. The molecule has 0 saturated heterocycles. The second-order valence-electron chi connectivity index (χ2n) is 6.29. The average molecular weight is 281 g/mol. The first-order valence-electron chi connectivity index (χ1n) is 7.56. The van der Waals surface area contributed by atoms with Gasteiger partial charge in [-0.25, -0.2) is 0 Å². The highest BCUT2D eigenvalue weighted by Gasteiger charge is 2.38. The van der Waals surface area contributed by atoms with Crippen LogP contribution >= 0.6 is 0 Å². The maximum atomic E-state index is 6.41. The highest BCUT2D eigenvalue weighted by atomic mass is 16.5. The smallest absolute Gasteiger partial charge is 0.133 e. The van der Waals surface area contributed by atoms with Gasteiger partial charge >= 0.3 is 0 Å². The minimum atomic E-state index is -0.290. The highest BCUT2D eigenvalue weighted by Crippen LogP contribution is 2.44. The van der Waals surface area contributed by atoms with Gasteiger partial charge in [0, 0.05) is 18.0 Å². The number of hydrogen-bond donors (Lipinski definition) is 1. The van der Waals surface area contributed by atoms with Gasteiger partial charge in [0.15, 0.2) is 0 Å². The van der Waals surface area contributed by atoms with E-state index in [9.17, 15) is 0 Å². The summed E-state index contributed by atoms with van der Waals surface area (Å²) in [4.78, 5) is 0. The van der Waals surface area contributed by atoms with E-state index in [1.165, 1.54) is 22.3 Å². The van der Waals surface area contributed by atoms with Crippen molar-refractivity contribution in [1.29, 1.82) is 0 Å². The van der Waals surface area contributed by atoms with Gasteiger partial charge in [0.05, 0.1) is 0 Å². The number of nitrogens with one attached hydrogen (secondary N) is 1. The number of aryl methyl sites for hydroxylation is 2. The standard InChI is InChI=1S/C19H23NO/c1-13-6-5-7-15(10-13)19(3)12-17(20-4)16-11-14(2)8-9-18(16)21-19/h5-11,17,20H,12H2,1-4H3. The van der Waals surface area contributed by atoms with Crippen LogP contribution in [0.25, 0.3) is 0 Å². The fourth-order valence-electron chi connectivity index (χ4n) is 3.23. The predicted molar refractivity (Wildman–Crippen MR) is 86.8 cm³/mol. The fourth-order valence-corrected chi connectivity index (χ4v) is 3.23. The second-order valence-corrected chi connectivity index (χ2v) is 6.29. The number of benzene rings is 2. The van der Waals surface area contributed by atoms with Crippen molar-refractivity contribution in [2.24, 2.45) is 0 Å². The molecule has 21 heavy (non-hydrogen) atoms. The molecule has 0 bridgehead atoms. The molecule has 2 aromatic rings. The van der Waals surface area contributed by atoms with Gasteiger partial charge in [0.2, 0.25) is 0 Å². The lowest BCUT2D eigenvalue weighted by Gasteiger charge is -2.40. The van der Waals surface area contributed by atoms with Gasteiger partial charge in [0.25, 0.3) is 0 Å². The number of rotatable bonds is 2. The Labute approximate surface area is 127 Å². The van der Waals surface area contributed by atoms with Crippen LogP contribution in [0, 0.1) is 13.8 Å². The van der Waals surface area contributed by atoms with E-state index in [4.69, 9.17) is 4.74 Å².